The van der Waals surface area contributed by atoms with E-state index in [0.29, 0.717) is 6.54 Å². The van der Waals surface area contributed by atoms with Crippen molar-refractivity contribution in [2.24, 2.45) is 0 Å². The Morgan fingerprint density at radius 3 is 2.70 bits per heavy atom. The number of hydrogen-bond donors (Lipinski definition) is 0. The average molecular weight is 305 g/mol. The summed E-state index contributed by atoms with van der Waals surface area (Å²) < 4.78 is 2.07. The van der Waals surface area contributed by atoms with E-state index in [4.69, 9.17) is 0 Å². The van der Waals surface area contributed by atoms with E-state index in [1.807, 2.05) is 74.0 Å². The minimum absolute atomic E-state index is 0.00160. The van der Waals surface area contributed by atoms with Crippen LogP contribution in [-0.4, -0.2) is 34.0 Å². The van der Waals surface area contributed by atoms with Crippen LogP contribution in [0.3, 0.4) is 0 Å². The zero-order valence-electron chi connectivity index (χ0n) is 13.1. The molecule has 2 aromatic carbocycles. The molecule has 23 heavy (non-hydrogen) atoms. The maximum absolute atomic E-state index is 12.2. The second-order valence-electron chi connectivity index (χ2n) is 5.43. The van der Waals surface area contributed by atoms with E-state index in [1.165, 1.54) is 0 Å². The number of likely N-dealkylation sites (N-methyl/N-ethyl adjacent to an activating group) is 1. The number of carbonyl (C=O) groups excluding carboxylic acids is 1. The molecule has 0 bridgehead atoms. The van der Waals surface area contributed by atoms with Crippen LogP contribution in [0.4, 0.5) is 0 Å². The summed E-state index contributed by atoms with van der Waals surface area (Å²) in [6, 6.07) is 17.8. The Morgan fingerprint density at radius 1 is 1.13 bits per heavy atom. The first-order valence-electron chi connectivity index (χ1n) is 7.62. The van der Waals surface area contributed by atoms with Crippen LogP contribution in [0.1, 0.15) is 5.56 Å². The highest BCUT2D eigenvalue weighted by Gasteiger charge is 2.06. The minimum Gasteiger partial charge on any atom is -0.340 e. The predicted molar refractivity (Wildman–Crippen MR) is 92.8 cm³/mol. The van der Waals surface area contributed by atoms with E-state index >= 15 is 0 Å². The monoisotopic (exact) mass is 305 g/mol. The van der Waals surface area contributed by atoms with Crippen molar-refractivity contribution in [3.63, 3.8) is 0 Å². The lowest BCUT2D eigenvalue weighted by Gasteiger charge is -2.15. The zero-order valence-corrected chi connectivity index (χ0v) is 13.1. The van der Waals surface area contributed by atoms with Crippen molar-refractivity contribution in [2.45, 2.75) is 6.54 Å². The Bertz CT molecular complexity index is 821. The normalized spacial score (nSPS) is 11.2. The first-order valence-corrected chi connectivity index (χ1v) is 7.62. The van der Waals surface area contributed by atoms with E-state index in [-0.39, 0.29) is 5.91 Å². The number of aromatic nitrogens is 2. The van der Waals surface area contributed by atoms with Gasteiger partial charge in [0.05, 0.1) is 17.4 Å². The molecular formula is C19H19N3O. The molecule has 1 amide bonds. The third kappa shape index (κ3) is 3.66. The summed E-state index contributed by atoms with van der Waals surface area (Å²) in [7, 11) is 1.82. The quantitative estimate of drug-likeness (QED) is 0.679. The predicted octanol–water partition coefficient (Wildman–Crippen LogP) is 3.21. The number of nitrogens with zero attached hydrogens (tertiary/aromatic N) is 3. The van der Waals surface area contributed by atoms with E-state index in [9.17, 15) is 4.79 Å². The fraction of sp³-hybridized carbons (Fsp3) is 0.158. The maximum Gasteiger partial charge on any atom is 0.246 e. The van der Waals surface area contributed by atoms with Crippen LogP contribution in [-0.2, 0) is 11.3 Å². The van der Waals surface area contributed by atoms with Crippen molar-refractivity contribution in [3.05, 3.63) is 72.6 Å². The van der Waals surface area contributed by atoms with Crippen molar-refractivity contribution >= 4 is 23.0 Å². The molecule has 3 rings (SSSR count). The SMILES string of the molecule is CN(CCn1cnc2ccccc21)C(=O)/C=C/c1ccccc1. The second kappa shape index (κ2) is 6.92. The molecule has 4 heteroatoms. The summed E-state index contributed by atoms with van der Waals surface area (Å²) in [5.74, 6) is -0.00160. The molecule has 0 saturated carbocycles. The molecule has 0 aliphatic carbocycles. The van der Waals surface area contributed by atoms with E-state index in [1.54, 1.807) is 11.0 Å². The van der Waals surface area contributed by atoms with Crippen LogP contribution < -0.4 is 0 Å². The maximum atomic E-state index is 12.2. The molecule has 116 valence electrons. The van der Waals surface area contributed by atoms with Crippen LogP contribution in [0.25, 0.3) is 17.1 Å². The lowest BCUT2D eigenvalue weighted by atomic mass is 10.2. The lowest BCUT2D eigenvalue weighted by Crippen LogP contribution is -2.28. The highest BCUT2D eigenvalue weighted by Crippen LogP contribution is 2.11. The van der Waals surface area contributed by atoms with Gasteiger partial charge in [0.25, 0.3) is 0 Å². The standard InChI is InChI=1S/C19H19N3O/c1-21(19(23)12-11-16-7-3-2-4-8-16)13-14-22-15-20-17-9-5-6-10-18(17)22/h2-12,15H,13-14H2,1H3/b12-11+. The van der Waals surface area contributed by atoms with Crippen molar-refractivity contribution < 1.29 is 4.79 Å². The molecule has 0 spiro atoms. The van der Waals surface area contributed by atoms with Gasteiger partial charge in [-0.05, 0) is 23.8 Å². The average Bonchev–Trinajstić information content (AvgIpc) is 3.01. The number of benzene rings is 2. The van der Waals surface area contributed by atoms with Gasteiger partial charge in [0.15, 0.2) is 0 Å². The summed E-state index contributed by atoms with van der Waals surface area (Å²) >= 11 is 0. The molecular weight excluding hydrogens is 286 g/mol. The molecule has 0 atom stereocenters. The lowest BCUT2D eigenvalue weighted by molar-refractivity contribution is -0.124. The van der Waals surface area contributed by atoms with Gasteiger partial charge in [0.1, 0.15) is 0 Å². The van der Waals surface area contributed by atoms with Gasteiger partial charge in [0.2, 0.25) is 5.91 Å². The summed E-state index contributed by atoms with van der Waals surface area (Å²) in [6.07, 6.45) is 5.27. The first-order chi connectivity index (χ1) is 11.2. The molecule has 4 nitrogen and oxygen atoms in total. The fourth-order valence-corrected chi connectivity index (χ4v) is 2.42. The minimum atomic E-state index is -0.00160. The Hall–Kier alpha value is -2.88. The summed E-state index contributed by atoms with van der Waals surface area (Å²) in [6.45, 7) is 1.36. The molecule has 0 saturated heterocycles. The van der Waals surface area contributed by atoms with Gasteiger partial charge < -0.3 is 9.47 Å². The Morgan fingerprint density at radius 2 is 1.87 bits per heavy atom. The number of carbonyl (C=O) groups is 1. The molecule has 0 aliphatic heterocycles. The third-order valence-corrected chi connectivity index (χ3v) is 3.80. The van der Waals surface area contributed by atoms with Crippen molar-refractivity contribution in [1.82, 2.24) is 14.5 Å². The van der Waals surface area contributed by atoms with Crippen LogP contribution in [0.2, 0.25) is 0 Å². The van der Waals surface area contributed by atoms with Crippen molar-refractivity contribution in [3.8, 4) is 0 Å². The number of imidazole rings is 1. The molecule has 3 aromatic rings. The van der Waals surface area contributed by atoms with Gasteiger partial charge in [0, 0.05) is 26.2 Å². The van der Waals surface area contributed by atoms with Gasteiger partial charge in [-0.1, -0.05) is 42.5 Å². The molecule has 0 radical (unpaired) electrons. The Labute approximate surface area is 135 Å². The van der Waals surface area contributed by atoms with Crippen molar-refractivity contribution in [2.75, 3.05) is 13.6 Å². The van der Waals surface area contributed by atoms with Crippen molar-refractivity contribution in [1.29, 1.82) is 0 Å². The topological polar surface area (TPSA) is 38.1 Å². The van der Waals surface area contributed by atoms with Gasteiger partial charge in [-0.25, -0.2) is 4.98 Å². The fourth-order valence-electron chi connectivity index (χ4n) is 2.42. The van der Waals surface area contributed by atoms with Gasteiger partial charge >= 0.3 is 0 Å². The molecule has 0 unspecified atom stereocenters. The number of para-hydroxylation sites is 2. The molecule has 1 aromatic heterocycles. The number of amides is 1. The first kappa shape index (κ1) is 15.0. The van der Waals surface area contributed by atoms with Crippen LogP contribution in [0.5, 0.6) is 0 Å². The largest absolute Gasteiger partial charge is 0.340 e. The number of rotatable bonds is 5. The molecule has 0 fully saturated rings. The zero-order chi connectivity index (χ0) is 16.1. The smallest absolute Gasteiger partial charge is 0.246 e. The summed E-state index contributed by atoms with van der Waals surface area (Å²) in [5.41, 5.74) is 3.09. The molecule has 0 N–H and O–H groups in total. The molecule has 1 heterocycles. The highest BCUT2D eigenvalue weighted by atomic mass is 16.2. The third-order valence-electron chi connectivity index (χ3n) is 3.80. The van der Waals surface area contributed by atoms with Crippen LogP contribution in [0.15, 0.2) is 67.0 Å². The summed E-state index contributed by atoms with van der Waals surface area (Å²) in [4.78, 5) is 18.2. The second-order valence-corrected chi connectivity index (χ2v) is 5.43. The van der Waals surface area contributed by atoms with Gasteiger partial charge in [-0.2, -0.15) is 0 Å². The number of fused-ring (bicyclic) bond motifs is 1. The van der Waals surface area contributed by atoms with E-state index in [0.717, 1.165) is 23.1 Å². The van der Waals surface area contributed by atoms with Crippen LogP contribution in [0, 0.1) is 0 Å². The number of hydrogen-bond acceptors (Lipinski definition) is 2. The Balaban J connectivity index is 1.59. The Kier molecular flexibility index (Phi) is 4.52. The van der Waals surface area contributed by atoms with Gasteiger partial charge in [-0.15, -0.1) is 0 Å². The summed E-state index contributed by atoms with van der Waals surface area (Å²) in [5, 5.41) is 0. The van der Waals surface area contributed by atoms with E-state index in [2.05, 4.69) is 9.55 Å². The van der Waals surface area contributed by atoms with E-state index < -0.39 is 0 Å². The molecule has 0 aliphatic rings. The highest BCUT2D eigenvalue weighted by molar-refractivity contribution is 5.91. The van der Waals surface area contributed by atoms with Gasteiger partial charge in [-0.3, -0.25) is 4.79 Å². The van der Waals surface area contributed by atoms with Crippen LogP contribution >= 0.6 is 0 Å².